The largest absolute Gasteiger partial charge is 0.500 e. The SMILES string of the molecule is CO[Si](CCC(OCC1CO1)N(C(C)O)C(C)O)(OC)OC. The number of hydrogen-bond donors (Lipinski definition) is 2. The van der Waals surface area contributed by atoms with E-state index in [0.29, 0.717) is 25.7 Å². The first-order valence-electron chi connectivity index (χ1n) is 7.41. The minimum Gasteiger partial charge on any atom is -0.379 e. The molecule has 2 N–H and O–H groups in total. The van der Waals surface area contributed by atoms with Crippen molar-refractivity contribution in [3.63, 3.8) is 0 Å². The van der Waals surface area contributed by atoms with Crippen molar-refractivity contribution in [1.29, 1.82) is 0 Å². The molecule has 1 aliphatic heterocycles. The number of hydrogen-bond acceptors (Lipinski definition) is 8. The molecule has 0 aromatic carbocycles. The average molecular weight is 339 g/mol. The van der Waals surface area contributed by atoms with Gasteiger partial charge in [-0.1, -0.05) is 0 Å². The quantitative estimate of drug-likeness (QED) is 0.291. The van der Waals surface area contributed by atoms with E-state index in [1.54, 1.807) is 35.2 Å². The first kappa shape index (κ1) is 19.9. The molecule has 1 heterocycles. The van der Waals surface area contributed by atoms with Gasteiger partial charge < -0.3 is 33.0 Å². The molecule has 22 heavy (non-hydrogen) atoms. The van der Waals surface area contributed by atoms with E-state index >= 15 is 0 Å². The Morgan fingerprint density at radius 2 is 1.64 bits per heavy atom. The zero-order valence-electron chi connectivity index (χ0n) is 14.0. The van der Waals surface area contributed by atoms with Crippen molar-refractivity contribution < 1.29 is 33.0 Å². The van der Waals surface area contributed by atoms with Crippen molar-refractivity contribution in [2.24, 2.45) is 0 Å². The summed E-state index contributed by atoms with van der Waals surface area (Å²) in [7, 11) is 1.91. The van der Waals surface area contributed by atoms with Gasteiger partial charge in [0.25, 0.3) is 0 Å². The minimum absolute atomic E-state index is 0.0987. The molecule has 0 saturated carbocycles. The van der Waals surface area contributed by atoms with Crippen LogP contribution in [0.2, 0.25) is 6.04 Å². The van der Waals surface area contributed by atoms with Crippen LogP contribution in [0, 0.1) is 0 Å². The predicted octanol–water partition coefficient (Wildman–Crippen LogP) is -0.0253. The summed E-state index contributed by atoms with van der Waals surface area (Å²) in [5.41, 5.74) is 0. The third-order valence-electron chi connectivity index (χ3n) is 3.70. The highest BCUT2D eigenvalue weighted by Gasteiger charge is 2.40. The van der Waals surface area contributed by atoms with E-state index in [-0.39, 0.29) is 6.10 Å². The van der Waals surface area contributed by atoms with Gasteiger partial charge in [0.1, 0.15) is 24.8 Å². The topological polar surface area (TPSA) is 93.2 Å². The third kappa shape index (κ3) is 5.83. The maximum Gasteiger partial charge on any atom is 0.500 e. The summed E-state index contributed by atoms with van der Waals surface area (Å²) in [6, 6.07) is 0.503. The Hall–Kier alpha value is -0.103. The summed E-state index contributed by atoms with van der Waals surface area (Å²) in [6.07, 6.45) is -1.61. The molecule has 0 spiro atoms. The molecule has 132 valence electrons. The summed E-state index contributed by atoms with van der Waals surface area (Å²) in [5, 5.41) is 19.8. The Morgan fingerprint density at radius 1 is 1.14 bits per heavy atom. The Labute approximate surface area is 133 Å². The highest BCUT2D eigenvalue weighted by atomic mass is 28.4. The normalized spacial score (nSPS) is 22.6. The van der Waals surface area contributed by atoms with Gasteiger partial charge in [-0.15, -0.1) is 0 Å². The van der Waals surface area contributed by atoms with Crippen LogP contribution in [0.3, 0.4) is 0 Å². The molecule has 0 aromatic rings. The van der Waals surface area contributed by atoms with E-state index < -0.39 is 27.5 Å². The van der Waals surface area contributed by atoms with Crippen LogP contribution in [0.15, 0.2) is 0 Å². The molecular formula is C13H29NO7Si. The molecule has 4 atom stereocenters. The lowest BCUT2D eigenvalue weighted by Gasteiger charge is -2.36. The standard InChI is InChI=1S/C13H29NO7Si/c1-10(15)14(11(2)16)13(21-9-12-8-20-12)6-7-22(17-3,18-4)19-5/h10-13,15-16H,6-9H2,1-5H3. The van der Waals surface area contributed by atoms with E-state index in [4.69, 9.17) is 22.8 Å². The average Bonchev–Trinajstić information content (AvgIpc) is 3.29. The molecular weight excluding hydrogens is 310 g/mol. The van der Waals surface area contributed by atoms with Crippen LogP contribution in [0.5, 0.6) is 0 Å². The third-order valence-corrected chi connectivity index (χ3v) is 6.47. The van der Waals surface area contributed by atoms with Crippen molar-refractivity contribution in [3.05, 3.63) is 0 Å². The first-order chi connectivity index (χ1) is 10.4. The van der Waals surface area contributed by atoms with Gasteiger partial charge in [0.2, 0.25) is 0 Å². The molecule has 9 heteroatoms. The van der Waals surface area contributed by atoms with Crippen molar-refractivity contribution in [1.82, 2.24) is 4.90 Å². The second kappa shape index (κ2) is 9.26. The van der Waals surface area contributed by atoms with E-state index in [9.17, 15) is 10.2 Å². The van der Waals surface area contributed by atoms with E-state index in [1.165, 1.54) is 4.90 Å². The number of rotatable bonds is 12. The second-order valence-corrected chi connectivity index (χ2v) is 8.38. The molecule has 8 nitrogen and oxygen atoms in total. The van der Waals surface area contributed by atoms with E-state index in [2.05, 4.69) is 0 Å². The van der Waals surface area contributed by atoms with Crippen molar-refractivity contribution >= 4 is 8.80 Å². The summed E-state index contributed by atoms with van der Waals surface area (Å²) >= 11 is 0. The first-order valence-corrected chi connectivity index (χ1v) is 9.34. The number of aliphatic hydroxyl groups is 2. The number of ether oxygens (including phenoxy) is 2. The van der Waals surface area contributed by atoms with Crippen LogP contribution in [0.1, 0.15) is 20.3 Å². The fourth-order valence-electron chi connectivity index (χ4n) is 2.35. The zero-order chi connectivity index (χ0) is 16.8. The van der Waals surface area contributed by atoms with Crippen LogP contribution >= 0.6 is 0 Å². The number of epoxide rings is 1. The lowest BCUT2D eigenvalue weighted by atomic mass is 10.3. The smallest absolute Gasteiger partial charge is 0.379 e. The van der Waals surface area contributed by atoms with E-state index in [0.717, 1.165) is 0 Å². The lowest BCUT2D eigenvalue weighted by molar-refractivity contribution is -0.188. The molecule has 1 rings (SSSR count). The maximum absolute atomic E-state index is 9.91. The zero-order valence-corrected chi connectivity index (χ0v) is 15.0. The fourth-order valence-corrected chi connectivity index (χ4v) is 4.06. The predicted molar refractivity (Wildman–Crippen MR) is 80.9 cm³/mol. The summed E-state index contributed by atoms with van der Waals surface area (Å²) in [4.78, 5) is 1.49. The maximum atomic E-state index is 9.91. The number of aliphatic hydroxyl groups excluding tert-OH is 2. The van der Waals surface area contributed by atoms with E-state index in [1.807, 2.05) is 0 Å². The fraction of sp³-hybridized carbons (Fsp3) is 1.00. The van der Waals surface area contributed by atoms with Gasteiger partial charge in [0.05, 0.1) is 13.2 Å². The minimum atomic E-state index is -2.74. The molecule has 1 saturated heterocycles. The highest BCUT2D eigenvalue weighted by Crippen LogP contribution is 2.23. The van der Waals surface area contributed by atoms with Crippen molar-refractivity contribution in [2.75, 3.05) is 34.5 Å². The summed E-state index contributed by atoms with van der Waals surface area (Å²) < 4.78 is 27.1. The Kier molecular flexibility index (Phi) is 8.39. The second-order valence-electron chi connectivity index (χ2n) is 5.29. The van der Waals surface area contributed by atoms with Crippen molar-refractivity contribution in [2.45, 2.75) is 51.1 Å². The molecule has 4 unspecified atom stereocenters. The Balaban J connectivity index is 2.70. The molecule has 0 radical (unpaired) electrons. The monoisotopic (exact) mass is 339 g/mol. The molecule has 0 aromatic heterocycles. The van der Waals surface area contributed by atoms with Gasteiger partial charge in [-0.25, -0.2) is 4.90 Å². The van der Waals surface area contributed by atoms with Gasteiger partial charge in [-0.05, 0) is 20.3 Å². The summed E-state index contributed by atoms with van der Waals surface area (Å²) in [5.74, 6) is 0. The Bertz CT molecular complexity index is 294. The van der Waals surface area contributed by atoms with Gasteiger partial charge >= 0.3 is 8.80 Å². The number of nitrogens with zero attached hydrogens (tertiary/aromatic N) is 1. The van der Waals surface area contributed by atoms with Crippen LogP contribution in [-0.4, -0.2) is 83.2 Å². The molecule has 0 aliphatic carbocycles. The summed E-state index contributed by atoms with van der Waals surface area (Å²) in [6.45, 7) is 4.28. The molecule has 1 fully saturated rings. The van der Waals surface area contributed by atoms with Crippen LogP contribution < -0.4 is 0 Å². The van der Waals surface area contributed by atoms with Crippen LogP contribution in [0.25, 0.3) is 0 Å². The highest BCUT2D eigenvalue weighted by molar-refractivity contribution is 6.60. The van der Waals surface area contributed by atoms with Crippen LogP contribution in [0.4, 0.5) is 0 Å². The van der Waals surface area contributed by atoms with Gasteiger partial charge in [0.15, 0.2) is 0 Å². The molecule has 0 amide bonds. The van der Waals surface area contributed by atoms with Crippen LogP contribution in [-0.2, 0) is 22.8 Å². The van der Waals surface area contributed by atoms with Gasteiger partial charge in [-0.3, -0.25) is 0 Å². The Morgan fingerprint density at radius 3 is 2.00 bits per heavy atom. The van der Waals surface area contributed by atoms with Gasteiger partial charge in [0, 0.05) is 27.4 Å². The molecule has 0 bridgehead atoms. The van der Waals surface area contributed by atoms with Gasteiger partial charge in [-0.2, -0.15) is 0 Å². The molecule has 1 aliphatic rings. The van der Waals surface area contributed by atoms with Crippen molar-refractivity contribution in [3.8, 4) is 0 Å². The lowest BCUT2D eigenvalue weighted by Crippen LogP contribution is -2.51.